The minimum atomic E-state index is -1.05. The van der Waals surface area contributed by atoms with Crippen LogP contribution in [-0.4, -0.2) is 4.98 Å². The summed E-state index contributed by atoms with van der Waals surface area (Å²) in [4.78, 5) is 3.97. The Hall–Kier alpha value is -2.28. The van der Waals surface area contributed by atoms with Gasteiger partial charge in [-0.3, -0.25) is 4.98 Å². The maximum Gasteiger partial charge on any atom is 0.130 e. The zero-order chi connectivity index (χ0) is 13.9. The Morgan fingerprint density at radius 3 is 2.68 bits per heavy atom. The summed E-state index contributed by atoms with van der Waals surface area (Å²) in [5.41, 5.74) is -0.0311. The van der Waals surface area contributed by atoms with E-state index in [0.29, 0.717) is 6.42 Å². The highest BCUT2D eigenvalue weighted by molar-refractivity contribution is 5.35. The molecule has 96 valence electrons. The van der Waals surface area contributed by atoms with E-state index in [-0.39, 0.29) is 5.56 Å². The molecule has 1 unspecified atom stereocenters. The SMILES string of the molecule is CC(C#N)(Cc1cccnc1)c1ccc(F)cc1F. The van der Waals surface area contributed by atoms with Crippen molar-refractivity contribution >= 4 is 0 Å². The van der Waals surface area contributed by atoms with Crippen LogP contribution in [-0.2, 0) is 11.8 Å². The van der Waals surface area contributed by atoms with Crippen LogP contribution in [0.5, 0.6) is 0 Å². The summed E-state index contributed by atoms with van der Waals surface area (Å²) in [5.74, 6) is -1.35. The van der Waals surface area contributed by atoms with Gasteiger partial charge < -0.3 is 0 Å². The van der Waals surface area contributed by atoms with Gasteiger partial charge in [0.15, 0.2) is 0 Å². The summed E-state index contributed by atoms with van der Waals surface area (Å²) in [6, 6.07) is 8.98. The molecular weight excluding hydrogens is 246 g/mol. The van der Waals surface area contributed by atoms with E-state index >= 15 is 0 Å². The Kier molecular flexibility index (Phi) is 3.57. The summed E-state index contributed by atoms with van der Waals surface area (Å²) in [5, 5.41) is 9.36. The van der Waals surface area contributed by atoms with Gasteiger partial charge in [0, 0.05) is 24.0 Å². The molecule has 0 saturated heterocycles. The van der Waals surface area contributed by atoms with Crippen molar-refractivity contribution in [2.75, 3.05) is 0 Å². The maximum atomic E-state index is 13.8. The fourth-order valence-corrected chi connectivity index (χ4v) is 2.04. The highest BCUT2D eigenvalue weighted by Gasteiger charge is 2.30. The minimum absolute atomic E-state index is 0.195. The number of pyridine rings is 1. The Morgan fingerprint density at radius 2 is 2.11 bits per heavy atom. The topological polar surface area (TPSA) is 36.7 Å². The molecule has 0 radical (unpaired) electrons. The standard InChI is InChI=1S/C15H12F2N2/c1-15(10-18,8-11-3-2-6-19-9-11)13-5-4-12(16)7-14(13)17/h2-7,9H,8H2,1H3. The molecular formula is C15H12F2N2. The molecule has 0 aliphatic heterocycles. The third kappa shape index (κ3) is 2.76. The van der Waals surface area contributed by atoms with Crippen molar-refractivity contribution in [3.05, 3.63) is 65.5 Å². The van der Waals surface area contributed by atoms with Crippen LogP contribution in [0.1, 0.15) is 18.1 Å². The van der Waals surface area contributed by atoms with Gasteiger partial charge in [-0.2, -0.15) is 5.26 Å². The molecule has 0 aliphatic carbocycles. The zero-order valence-corrected chi connectivity index (χ0v) is 10.4. The van der Waals surface area contributed by atoms with Gasteiger partial charge >= 0.3 is 0 Å². The van der Waals surface area contributed by atoms with Crippen LogP contribution in [0.3, 0.4) is 0 Å². The Labute approximate surface area is 110 Å². The Balaban J connectivity index is 2.40. The molecule has 1 heterocycles. The number of rotatable bonds is 3. The molecule has 0 N–H and O–H groups in total. The molecule has 2 rings (SSSR count). The summed E-state index contributed by atoms with van der Waals surface area (Å²) in [6.07, 6.45) is 3.59. The molecule has 2 nitrogen and oxygen atoms in total. The van der Waals surface area contributed by atoms with Crippen molar-refractivity contribution in [1.82, 2.24) is 4.98 Å². The number of hydrogen-bond acceptors (Lipinski definition) is 2. The lowest BCUT2D eigenvalue weighted by atomic mass is 9.78. The molecule has 1 atom stereocenters. The van der Waals surface area contributed by atoms with Crippen LogP contribution >= 0.6 is 0 Å². The average molecular weight is 258 g/mol. The van der Waals surface area contributed by atoms with E-state index in [2.05, 4.69) is 11.1 Å². The number of benzene rings is 1. The number of aromatic nitrogens is 1. The van der Waals surface area contributed by atoms with E-state index in [1.807, 2.05) is 6.07 Å². The lowest BCUT2D eigenvalue weighted by Crippen LogP contribution is -2.24. The smallest absolute Gasteiger partial charge is 0.130 e. The molecule has 4 heteroatoms. The molecule has 19 heavy (non-hydrogen) atoms. The predicted molar refractivity (Wildman–Crippen MR) is 67.3 cm³/mol. The first-order valence-corrected chi connectivity index (χ1v) is 5.81. The van der Waals surface area contributed by atoms with Gasteiger partial charge in [0.1, 0.15) is 11.6 Å². The van der Waals surface area contributed by atoms with Gasteiger partial charge in [0.2, 0.25) is 0 Å². The second-order valence-electron chi connectivity index (χ2n) is 4.61. The fourth-order valence-electron chi connectivity index (χ4n) is 2.04. The van der Waals surface area contributed by atoms with Gasteiger partial charge in [-0.25, -0.2) is 8.78 Å². The van der Waals surface area contributed by atoms with Crippen LogP contribution in [0.2, 0.25) is 0 Å². The number of nitriles is 1. The van der Waals surface area contributed by atoms with Crippen molar-refractivity contribution in [1.29, 1.82) is 5.26 Å². The van der Waals surface area contributed by atoms with Crippen molar-refractivity contribution in [3.63, 3.8) is 0 Å². The largest absolute Gasteiger partial charge is 0.264 e. The van der Waals surface area contributed by atoms with E-state index < -0.39 is 17.0 Å². The lowest BCUT2D eigenvalue weighted by Gasteiger charge is -2.22. The molecule has 0 amide bonds. The van der Waals surface area contributed by atoms with Crippen molar-refractivity contribution < 1.29 is 8.78 Å². The van der Waals surface area contributed by atoms with E-state index in [1.54, 1.807) is 25.4 Å². The van der Waals surface area contributed by atoms with Crippen molar-refractivity contribution in [2.45, 2.75) is 18.8 Å². The summed E-state index contributed by atoms with van der Waals surface area (Å²) in [6.45, 7) is 1.64. The van der Waals surface area contributed by atoms with E-state index in [4.69, 9.17) is 0 Å². The number of hydrogen-bond donors (Lipinski definition) is 0. The number of halogens is 2. The van der Waals surface area contributed by atoms with E-state index in [1.165, 1.54) is 6.07 Å². The van der Waals surface area contributed by atoms with Crippen LogP contribution in [0.4, 0.5) is 8.78 Å². The summed E-state index contributed by atoms with van der Waals surface area (Å²) >= 11 is 0. The maximum absolute atomic E-state index is 13.8. The van der Waals surface area contributed by atoms with Gasteiger partial charge in [0.25, 0.3) is 0 Å². The Bertz CT molecular complexity index is 620. The van der Waals surface area contributed by atoms with Crippen LogP contribution in [0.25, 0.3) is 0 Å². The minimum Gasteiger partial charge on any atom is -0.264 e. The molecule has 0 spiro atoms. The first-order valence-electron chi connectivity index (χ1n) is 5.81. The normalized spacial score (nSPS) is 13.6. The third-order valence-corrected chi connectivity index (χ3v) is 3.05. The van der Waals surface area contributed by atoms with Gasteiger partial charge in [-0.05, 0) is 31.0 Å². The molecule has 2 aromatic rings. The van der Waals surface area contributed by atoms with Crippen molar-refractivity contribution in [3.8, 4) is 6.07 Å². The van der Waals surface area contributed by atoms with Gasteiger partial charge in [0.05, 0.1) is 11.5 Å². The Morgan fingerprint density at radius 1 is 1.32 bits per heavy atom. The second-order valence-corrected chi connectivity index (χ2v) is 4.61. The number of nitrogens with zero attached hydrogens (tertiary/aromatic N) is 2. The van der Waals surface area contributed by atoms with Crippen LogP contribution in [0.15, 0.2) is 42.7 Å². The first kappa shape index (κ1) is 13.2. The van der Waals surface area contributed by atoms with Gasteiger partial charge in [-0.15, -0.1) is 0 Å². The van der Waals surface area contributed by atoms with E-state index in [0.717, 1.165) is 17.7 Å². The molecule has 1 aromatic carbocycles. The summed E-state index contributed by atoms with van der Waals surface area (Å²) < 4.78 is 26.8. The molecule has 0 fully saturated rings. The van der Waals surface area contributed by atoms with Crippen molar-refractivity contribution in [2.24, 2.45) is 0 Å². The first-order chi connectivity index (χ1) is 9.05. The highest BCUT2D eigenvalue weighted by atomic mass is 19.1. The quantitative estimate of drug-likeness (QED) is 0.846. The van der Waals surface area contributed by atoms with Gasteiger partial charge in [-0.1, -0.05) is 12.1 Å². The van der Waals surface area contributed by atoms with Crippen LogP contribution in [0, 0.1) is 23.0 Å². The molecule has 0 bridgehead atoms. The third-order valence-electron chi connectivity index (χ3n) is 3.05. The fraction of sp³-hybridized carbons (Fsp3) is 0.200. The predicted octanol–water partition coefficient (Wildman–Crippen LogP) is 3.38. The lowest BCUT2D eigenvalue weighted by molar-refractivity contribution is 0.520. The van der Waals surface area contributed by atoms with E-state index in [9.17, 15) is 14.0 Å². The molecule has 0 saturated carbocycles. The monoisotopic (exact) mass is 258 g/mol. The zero-order valence-electron chi connectivity index (χ0n) is 10.4. The van der Waals surface area contributed by atoms with Crippen LogP contribution < -0.4 is 0 Å². The molecule has 0 aliphatic rings. The highest BCUT2D eigenvalue weighted by Crippen LogP contribution is 2.29. The second kappa shape index (κ2) is 5.15. The summed E-state index contributed by atoms with van der Waals surface area (Å²) in [7, 11) is 0. The average Bonchev–Trinajstić information content (AvgIpc) is 2.39. The molecule has 1 aromatic heterocycles.